The predicted molar refractivity (Wildman–Crippen MR) is 220 cm³/mol. The van der Waals surface area contributed by atoms with Crippen LogP contribution in [-0.2, 0) is 27.9 Å². The third kappa shape index (κ3) is 40.4. The molecule has 0 amide bonds. The fraction of sp³-hybridized carbons (Fsp3) is 0.930. The van der Waals surface area contributed by atoms with Crippen molar-refractivity contribution in [2.45, 2.75) is 206 Å². The average Bonchev–Trinajstić information content (AvgIpc) is 3.09. The molecule has 0 aromatic rings. The molecule has 0 spiro atoms. The van der Waals surface area contributed by atoms with Gasteiger partial charge in [0.25, 0.3) is 0 Å². The van der Waals surface area contributed by atoms with E-state index in [-0.39, 0.29) is 25.8 Å². The summed E-state index contributed by atoms with van der Waals surface area (Å²) in [6.45, 7) is 5.64. The highest BCUT2D eigenvalue weighted by Gasteiger charge is 2.26. The third-order valence-corrected chi connectivity index (χ3v) is 10.6. The van der Waals surface area contributed by atoms with Crippen LogP contribution in [0.25, 0.3) is 0 Å². The van der Waals surface area contributed by atoms with Crippen molar-refractivity contribution in [2.75, 3.05) is 54.1 Å². The van der Waals surface area contributed by atoms with E-state index in [1.807, 2.05) is 21.1 Å². The fourth-order valence-corrected chi connectivity index (χ4v) is 6.88. The van der Waals surface area contributed by atoms with Gasteiger partial charge in [-0.05, 0) is 38.5 Å². The number of rotatable bonds is 41. The maximum atomic E-state index is 12.6. The number of likely N-dealkylation sites (N-methyl/N-ethyl adjacent to an activating group) is 1. The van der Waals surface area contributed by atoms with Crippen LogP contribution < -0.4 is 0 Å². The molecule has 52 heavy (non-hydrogen) atoms. The Morgan fingerprint density at radius 2 is 1.00 bits per heavy atom. The highest BCUT2D eigenvalue weighted by atomic mass is 31.2. The number of phosphoric acid groups is 1. The van der Waals surface area contributed by atoms with Crippen molar-refractivity contribution < 1.29 is 37.3 Å². The normalized spacial score (nSPS) is 13.9. The van der Waals surface area contributed by atoms with E-state index in [4.69, 9.17) is 18.5 Å². The maximum Gasteiger partial charge on any atom is 0.472 e. The van der Waals surface area contributed by atoms with Crippen molar-refractivity contribution in [3.63, 3.8) is 0 Å². The SMILES string of the molecule is CCCCCCCCC/C=C\CCCCCCCCCCOCC(COP(=O)(O)OCC[N+](C)(C)C)OC(=O)CCCCCCCCCCCCC. The summed E-state index contributed by atoms with van der Waals surface area (Å²) in [5.41, 5.74) is 0. The standard InChI is InChI=1S/C43H86NO7P/c1-6-8-10-12-14-16-18-19-20-21-22-23-24-25-27-29-31-33-35-38-48-40-42(41-50-52(46,47)49-39-37-44(3,4)5)51-43(45)36-34-32-30-28-26-17-15-13-11-9-7-2/h20-21,42H,6-19,22-41H2,1-5H3/p+1/b21-20-. The predicted octanol–water partition coefficient (Wildman–Crippen LogP) is 12.7. The first-order chi connectivity index (χ1) is 25.1. The summed E-state index contributed by atoms with van der Waals surface area (Å²) >= 11 is 0. The zero-order chi connectivity index (χ0) is 38.4. The Hall–Kier alpha value is -0.760. The summed E-state index contributed by atoms with van der Waals surface area (Å²) in [5, 5.41) is 0. The van der Waals surface area contributed by atoms with Crippen molar-refractivity contribution in [1.29, 1.82) is 0 Å². The number of hydrogen-bond donors (Lipinski definition) is 1. The second kappa shape index (κ2) is 37.2. The monoisotopic (exact) mass is 761 g/mol. The summed E-state index contributed by atoms with van der Waals surface area (Å²) in [7, 11) is 1.68. The average molecular weight is 761 g/mol. The van der Waals surface area contributed by atoms with Crippen LogP contribution in [0.5, 0.6) is 0 Å². The van der Waals surface area contributed by atoms with Crippen molar-refractivity contribution in [3.05, 3.63) is 12.2 Å². The quantitative estimate of drug-likeness (QED) is 0.0218. The topological polar surface area (TPSA) is 91.3 Å². The molecule has 0 saturated heterocycles. The summed E-state index contributed by atoms with van der Waals surface area (Å²) in [6, 6.07) is 0. The molecule has 0 bridgehead atoms. The fourth-order valence-electron chi connectivity index (χ4n) is 6.14. The first kappa shape index (κ1) is 51.2. The molecule has 0 radical (unpaired) electrons. The van der Waals surface area contributed by atoms with Crippen LogP contribution in [0.3, 0.4) is 0 Å². The molecule has 2 unspecified atom stereocenters. The van der Waals surface area contributed by atoms with E-state index in [0.29, 0.717) is 24.1 Å². The molecule has 0 saturated carbocycles. The third-order valence-electron chi connectivity index (χ3n) is 9.58. The van der Waals surface area contributed by atoms with Crippen molar-refractivity contribution in [1.82, 2.24) is 0 Å². The lowest BCUT2D eigenvalue weighted by Gasteiger charge is -2.24. The first-order valence-electron chi connectivity index (χ1n) is 21.9. The van der Waals surface area contributed by atoms with E-state index in [0.717, 1.165) is 32.1 Å². The molecule has 0 rings (SSSR count). The molecule has 1 N–H and O–H groups in total. The number of ether oxygens (including phenoxy) is 2. The van der Waals surface area contributed by atoms with Crippen LogP contribution in [0.2, 0.25) is 0 Å². The van der Waals surface area contributed by atoms with Crippen LogP contribution in [0, 0.1) is 0 Å². The van der Waals surface area contributed by atoms with Gasteiger partial charge in [0.05, 0.1) is 34.4 Å². The van der Waals surface area contributed by atoms with Crippen LogP contribution in [0.15, 0.2) is 12.2 Å². The van der Waals surface area contributed by atoms with Gasteiger partial charge in [0.2, 0.25) is 0 Å². The van der Waals surface area contributed by atoms with E-state index < -0.39 is 13.9 Å². The van der Waals surface area contributed by atoms with Gasteiger partial charge in [-0.3, -0.25) is 13.8 Å². The van der Waals surface area contributed by atoms with Crippen molar-refractivity contribution in [2.24, 2.45) is 0 Å². The number of unbranched alkanes of at least 4 members (excludes halogenated alkanes) is 25. The number of phosphoric ester groups is 1. The lowest BCUT2D eigenvalue weighted by atomic mass is 10.1. The minimum Gasteiger partial charge on any atom is -0.457 e. The van der Waals surface area contributed by atoms with E-state index in [1.165, 1.54) is 148 Å². The zero-order valence-electron chi connectivity index (χ0n) is 35.1. The summed E-state index contributed by atoms with van der Waals surface area (Å²) in [5.74, 6) is -0.314. The van der Waals surface area contributed by atoms with E-state index >= 15 is 0 Å². The smallest absolute Gasteiger partial charge is 0.457 e. The number of hydrogen-bond acceptors (Lipinski definition) is 6. The van der Waals surface area contributed by atoms with Gasteiger partial charge in [0.15, 0.2) is 0 Å². The largest absolute Gasteiger partial charge is 0.472 e. The number of nitrogens with zero attached hydrogens (tertiary/aromatic N) is 1. The highest BCUT2D eigenvalue weighted by Crippen LogP contribution is 2.43. The molecule has 0 aromatic carbocycles. The van der Waals surface area contributed by atoms with E-state index in [2.05, 4.69) is 26.0 Å². The van der Waals surface area contributed by atoms with E-state index in [1.54, 1.807) is 0 Å². The number of carbonyl (C=O) groups is 1. The minimum absolute atomic E-state index is 0.0911. The molecule has 2 atom stereocenters. The van der Waals surface area contributed by atoms with Crippen LogP contribution >= 0.6 is 7.82 Å². The zero-order valence-corrected chi connectivity index (χ0v) is 36.0. The van der Waals surface area contributed by atoms with Crippen LogP contribution in [-0.4, -0.2) is 75.6 Å². The molecule has 310 valence electrons. The summed E-state index contributed by atoms with van der Waals surface area (Å²) in [6.07, 6.45) is 39.5. The maximum absolute atomic E-state index is 12.6. The molecule has 0 heterocycles. The number of esters is 1. The van der Waals surface area contributed by atoms with Gasteiger partial charge in [0.1, 0.15) is 19.3 Å². The Morgan fingerprint density at radius 1 is 0.577 bits per heavy atom. The van der Waals surface area contributed by atoms with Gasteiger partial charge in [-0.1, -0.05) is 167 Å². The van der Waals surface area contributed by atoms with Gasteiger partial charge in [-0.25, -0.2) is 4.57 Å². The second-order valence-corrected chi connectivity index (χ2v) is 17.5. The lowest BCUT2D eigenvalue weighted by Crippen LogP contribution is -2.37. The molecule has 0 aromatic heterocycles. The van der Waals surface area contributed by atoms with Crippen molar-refractivity contribution >= 4 is 13.8 Å². The molecule has 0 aliphatic carbocycles. The summed E-state index contributed by atoms with van der Waals surface area (Å²) in [4.78, 5) is 22.8. The Bertz CT molecular complexity index is 848. The molecule has 0 aliphatic rings. The minimum atomic E-state index is -4.27. The molecular weight excluding hydrogens is 673 g/mol. The van der Waals surface area contributed by atoms with Crippen molar-refractivity contribution in [3.8, 4) is 0 Å². The Balaban J connectivity index is 4.16. The lowest BCUT2D eigenvalue weighted by molar-refractivity contribution is -0.870. The molecule has 8 nitrogen and oxygen atoms in total. The number of allylic oxidation sites excluding steroid dienone is 2. The van der Waals surface area contributed by atoms with Gasteiger partial charge in [-0.15, -0.1) is 0 Å². The van der Waals surface area contributed by atoms with Crippen LogP contribution in [0.1, 0.15) is 200 Å². The molecule has 9 heteroatoms. The Morgan fingerprint density at radius 3 is 1.46 bits per heavy atom. The number of carbonyl (C=O) groups excluding carboxylic acids is 1. The van der Waals surface area contributed by atoms with Gasteiger partial charge >= 0.3 is 13.8 Å². The molecule has 0 aliphatic heterocycles. The van der Waals surface area contributed by atoms with Gasteiger partial charge in [0, 0.05) is 13.0 Å². The van der Waals surface area contributed by atoms with E-state index in [9.17, 15) is 14.3 Å². The summed E-state index contributed by atoms with van der Waals surface area (Å²) < 4.78 is 35.0. The molecular formula is C43H87NO7P+. The number of quaternary nitrogens is 1. The Kier molecular flexibility index (Phi) is 36.6. The second-order valence-electron chi connectivity index (χ2n) is 16.1. The first-order valence-corrected chi connectivity index (χ1v) is 23.4. The van der Waals surface area contributed by atoms with Gasteiger partial charge < -0.3 is 18.9 Å². The van der Waals surface area contributed by atoms with Gasteiger partial charge in [-0.2, -0.15) is 0 Å². The highest BCUT2D eigenvalue weighted by molar-refractivity contribution is 7.47. The Labute approximate surface area is 322 Å². The van der Waals surface area contributed by atoms with Crippen LogP contribution in [0.4, 0.5) is 0 Å². The molecule has 0 fully saturated rings.